The Balaban J connectivity index is 2.82. The van der Waals surface area contributed by atoms with Gasteiger partial charge in [-0.15, -0.1) is 0 Å². The lowest BCUT2D eigenvalue weighted by molar-refractivity contribution is 0.187. The van der Waals surface area contributed by atoms with E-state index >= 15 is 0 Å². The molecule has 53 valence electrons. The fourth-order valence-corrected chi connectivity index (χ4v) is 0.649. The van der Waals surface area contributed by atoms with Gasteiger partial charge in [-0.25, -0.2) is 5.11 Å². The van der Waals surface area contributed by atoms with E-state index in [9.17, 15) is 5.11 Å². The van der Waals surface area contributed by atoms with E-state index in [2.05, 4.69) is 19.1 Å². The van der Waals surface area contributed by atoms with Gasteiger partial charge < -0.3 is 0 Å². The van der Waals surface area contributed by atoms with Crippen molar-refractivity contribution in [2.45, 2.75) is 32.6 Å². The maximum absolute atomic E-state index is 9.94. The summed E-state index contributed by atoms with van der Waals surface area (Å²) < 4.78 is 0. The fourth-order valence-electron chi connectivity index (χ4n) is 0.649. The highest BCUT2D eigenvalue weighted by Crippen LogP contribution is 1.95. The van der Waals surface area contributed by atoms with Crippen molar-refractivity contribution in [3.63, 3.8) is 0 Å². The maximum Gasteiger partial charge on any atom is 0.0822 e. The maximum atomic E-state index is 9.94. The molecule has 0 saturated heterocycles. The van der Waals surface area contributed by atoms with E-state index in [0.29, 0.717) is 0 Å². The summed E-state index contributed by atoms with van der Waals surface area (Å²) in [4.78, 5) is 0. The van der Waals surface area contributed by atoms with Crippen LogP contribution in [0.1, 0.15) is 32.6 Å². The van der Waals surface area contributed by atoms with Crippen LogP contribution in [0.5, 0.6) is 0 Å². The molecule has 0 rings (SSSR count). The van der Waals surface area contributed by atoms with Gasteiger partial charge in [-0.2, -0.15) is 0 Å². The number of hydrogen-bond acceptors (Lipinski definition) is 0. The molecule has 0 atom stereocenters. The Kier molecular flexibility index (Phi) is 7.44. The van der Waals surface area contributed by atoms with Crippen LogP contribution in [0.3, 0.4) is 0 Å². The highest BCUT2D eigenvalue weighted by molar-refractivity contribution is 4.79. The van der Waals surface area contributed by atoms with Gasteiger partial charge in [0.15, 0.2) is 0 Å². The van der Waals surface area contributed by atoms with Crippen LogP contribution in [-0.2, 0) is 5.11 Å². The van der Waals surface area contributed by atoms with E-state index in [-0.39, 0.29) is 6.61 Å². The van der Waals surface area contributed by atoms with Crippen molar-refractivity contribution in [2.75, 3.05) is 6.61 Å². The minimum absolute atomic E-state index is 0.0833. The topological polar surface area (TPSA) is 19.9 Å². The Bertz CT molecular complexity index is 67.0. The second kappa shape index (κ2) is 7.70. The van der Waals surface area contributed by atoms with Crippen molar-refractivity contribution in [2.24, 2.45) is 0 Å². The van der Waals surface area contributed by atoms with E-state index in [1.54, 1.807) is 0 Å². The molecule has 0 unspecified atom stereocenters. The third-order valence-electron chi connectivity index (χ3n) is 1.17. The second-order valence-electron chi connectivity index (χ2n) is 2.08. The molecule has 1 radical (unpaired) electrons. The molecule has 1 nitrogen and oxygen atoms in total. The minimum atomic E-state index is 0.0833. The highest BCUT2D eigenvalue weighted by Gasteiger charge is 1.81. The molecule has 0 N–H and O–H groups in total. The molecule has 0 fully saturated rings. The lowest BCUT2D eigenvalue weighted by Gasteiger charge is -1.88. The van der Waals surface area contributed by atoms with Crippen molar-refractivity contribution in [1.29, 1.82) is 0 Å². The average molecular weight is 127 g/mol. The normalized spacial score (nSPS) is 10.9. The van der Waals surface area contributed by atoms with Gasteiger partial charge in [0.2, 0.25) is 0 Å². The molecule has 0 aromatic carbocycles. The van der Waals surface area contributed by atoms with Crippen LogP contribution >= 0.6 is 0 Å². The van der Waals surface area contributed by atoms with E-state index < -0.39 is 0 Å². The summed E-state index contributed by atoms with van der Waals surface area (Å²) in [6, 6.07) is 0. The quantitative estimate of drug-likeness (QED) is 0.399. The van der Waals surface area contributed by atoms with Crippen LogP contribution in [0, 0.1) is 0 Å². The lowest BCUT2D eigenvalue weighted by Crippen LogP contribution is -1.77. The summed E-state index contributed by atoms with van der Waals surface area (Å²) >= 11 is 0. The number of allylic oxidation sites excluding steroid dienone is 2. The highest BCUT2D eigenvalue weighted by atomic mass is 16.2. The largest absolute Gasteiger partial charge is 0.237 e. The molecule has 1 heteroatoms. The molecule has 0 aliphatic carbocycles. The molecule has 0 aliphatic rings. The molecule has 0 saturated carbocycles. The van der Waals surface area contributed by atoms with Gasteiger partial charge in [-0.05, 0) is 25.7 Å². The van der Waals surface area contributed by atoms with Gasteiger partial charge in [-0.1, -0.05) is 19.1 Å². The van der Waals surface area contributed by atoms with Crippen molar-refractivity contribution >= 4 is 0 Å². The third kappa shape index (κ3) is 7.70. The zero-order chi connectivity index (χ0) is 6.95. The Morgan fingerprint density at radius 3 is 2.56 bits per heavy atom. The zero-order valence-corrected chi connectivity index (χ0v) is 6.10. The zero-order valence-electron chi connectivity index (χ0n) is 6.10. The molecule has 0 aliphatic heterocycles. The van der Waals surface area contributed by atoms with Crippen molar-refractivity contribution in [1.82, 2.24) is 0 Å². The van der Waals surface area contributed by atoms with E-state index in [4.69, 9.17) is 0 Å². The van der Waals surface area contributed by atoms with Gasteiger partial charge in [0.25, 0.3) is 0 Å². The summed E-state index contributed by atoms with van der Waals surface area (Å²) in [5, 5.41) is 9.94. The predicted molar refractivity (Wildman–Crippen MR) is 38.8 cm³/mol. The lowest BCUT2D eigenvalue weighted by atomic mass is 10.2. The molecule has 0 amide bonds. The summed E-state index contributed by atoms with van der Waals surface area (Å²) in [6.45, 7) is 2.20. The van der Waals surface area contributed by atoms with Crippen molar-refractivity contribution in [3.8, 4) is 0 Å². The summed E-state index contributed by atoms with van der Waals surface area (Å²) in [5.74, 6) is 0. The van der Waals surface area contributed by atoms with Gasteiger partial charge in [-0.3, -0.25) is 0 Å². The summed E-state index contributed by atoms with van der Waals surface area (Å²) in [7, 11) is 0. The first-order valence-corrected chi connectivity index (χ1v) is 3.65. The SMILES string of the molecule is CCC=CCCCC[O]. The molecule has 9 heavy (non-hydrogen) atoms. The fraction of sp³-hybridized carbons (Fsp3) is 0.750. The monoisotopic (exact) mass is 127 g/mol. The van der Waals surface area contributed by atoms with Crippen LogP contribution in [0.15, 0.2) is 12.2 Å². The Labute approximate surface area is 57.4 Å². The van der Waals surface area contributed by atoms with E-state index in [0.717, 1.165) is 25.7 Å². The summed E-state index contributed by atoms with van der Waals surface area (Å²) in [5.41, 5.74) is 0. The van der Waals surface area contributed by atoms with Gasteiger partial charge in [0.05, 0.1) is 6.61 Å². The molecule has 0 aromatic rings. The Morgan fingerprint density at radius 2 is 2.00 bits per heavy atom. The number of rotatable bonds is 5. The van der Waals surface area contributed by atoms with Gasteiger partial charge in [0, 0.05) is 0 Å². The Morgan fingerprint density at radius 1 is 1.22 bits per heavy atom. The number of unbranched alkanes of at least 4 members (excludes halogenated alkanes) is 2. The second-order valence-corrected chi connectivity index (χ2v) is 2.08. The van der Waals surface area contributed by atoms with Gasteiger partial charge in [0.1, 0.15) is 0 Å². The number of hydrogen-bond donors (Lipinski definition) is 0. The summed E-state index contributed by atoms with van der Waals surface area (Å²) in [6.07, 6.45) is 8.36. The van der Waals surface area contributed by atoms with E-state index in [1.165, 1.54) is 0 Å². The Hall–Kier alpha value is -0.300. The predicted octanol–water partition coefficient (Wildman–Crippen LogP) is 2.55. The van der Waals surface area contributed by atoms with E-state index in [1.807, 2.05) is 0 Å². The van der Waals surface area contributed by atoms with Crippen LogP contribution in [0.4, 0.5) is 0 Å². The first-order valence-electron chi connectivity index (χ1n) is 3.65. The van der Waals surface area contributed by atoms with Crippen LogP contribution in [-0.4, -0.2) is 6.61 Å². The molecule has 0 bridgehead atoms. The first-order chi connectivity index (χ1) is 4.41. The molecular weight excluding hydrogens is 112 g/mol. The molecule has 0 heterocycles. The molecule has 0 spiro atoms. The smallest absolute Gasteiger partial charge is 0.0822 e. The standard InChI is InChI=1S/C8H15O/c1-2-3-4-5-6-7-8-9/h3-4H,2,5-8H2,1H3. The molecule has 0 aromatic heterocycles. The average Bonchev–Trinajstić information content (AvgIpc) is 1.89. The third-order valence-corrected chi connectivity index (χ3v) is 1.17. The first kappa shape index (κ1) is 8.70. The molecular formula is C8H15O. The van der Waals surface area contributed by atoms with Crippen LogP contribution in [0.25, 0.3) is 0 Å². The van der Waals surface area contributed by atoms with Crippen LogP contribution in [0.2, 0.25) is 0 Å². The minimum Gasteiger partial charge on any atom is -0.237 e. The van der Waals surface area contributed by atoms with Gasteiger partial charge >= 0.3 is 0 Å². The van der Waals surface area contributed by atoms with Crippen molar-refractivity contribution < 1.29 is 5.11 Å². The van der Waals surface area contributed by atoms with Crippen molar-refractivity contribution in [3.05, 3.63) is 12.2 Å². The van der Waals surface area contributed by atoms with Crippen LogP contribution < -0.4 is 0 Å².